The normalized spacial score (nSPS) is 10.8. The number of nitrogens with one attached hydrogen (secondary N) is 2. The van der Waals surface area contributed by atoms with Crippen LogP contribution in [-0.2, 0) is 17.7 Å². The Bertz CT molecular complexity index is 455. The van der Waals surface area contributed by atoms with Gasteiger partial charge >= 0.3 is 6.01 Å². The zero-order valence-electron chi connectivity index (χ0n) is 10.9. The van der Waals surface area contributed by atoms with Crippen molar-refractivity contribution in [3.05, 3.63) is 30.0 Å². The summed E-state index contributed by atoms with van der Waals surface area (Å²) in [7, 11) is 1.66. The fourth-order valence-corrected chi connectivity index (χ4v) is 1.51. The summed E-state index contributed by atoms with van der Waals surface area (Å²) in [5.41, 5.74) is 0. The molecule has 0 saturated heterocycles. The van der Waals surface area contributed by atoms with Gasteiger partial charge in [0.05, 0.1) is 19.4 Å². The molecule has 0 radical (unpaired) electrons. The Kier molecular flexibility index (Phi) is 5.39. The molecule has 2 heterocycles. The third kappa shape index (κ3) is 4.72. The quantitative estimate of drug-likeness (QED) is 0.656. The number of furan rings is 1. The van der Waals surface area contributed by atoms with Crippen molar-refractivity contribution in [2.75, 3.05) is 32.1 Å². The monoisotopic (exact) mass is 266 g/mol. The smallest absolute Gasteiger partial charge is 0.315 e. The highest BCUT2D eigenvalue weighted by molar-refractivity contribution is 5.17. The lowest BCUT2D eigenvalue weighted by atomic mass is 10.3. The SMILES string of the molecule is COCCNCc1nnc(NCCc2ccco2)o1. The maximum absolute atomic E-state index is 5.42. The van der Waals surface area contributed by atoms with Crippen LogP contribution in [0.5, 0.6) is 0 Å². The largest absolute Gasteiger partial charge is 0.469 e. The van der Waals surface area contributed by atoms with E-state index < -0.39 is 0 Å². The first kappa shape index (κ1) is 13.6. The van der Waals surface area contributed by atoms with E-state index in [0.29, 0.717) is 31.6 Å². The molecule has 104 valence electrons. The molecular weight excluding hydrogens is 248 g/mol. The second-order valence-corrected chi connectivity index (χ2v) is 3.93. The van der Waals surface area contributed by atoms with E-state index in [1.54, 1.807) is 13.4 Å². The van der Waals surface area contributed by atoms with Crippen LogP contribution in [-0.4, -0.2) is 37.0 Å². The highest BCUT2D eigenvalue weighted by atomic mass is 16.5. The molecular formula is C12H18N4O3. The number of hydrogen-bond donors (Lipinski definition) is 2. The minimum absolute atomic E-state index is 0.426. The van der Waals surface area contributed by atoms with Crippen LogP contribution in [0, 0.1) is 0 Å². The van der Waals surface area contributed by atoms with Crippen molar-refractivity contribution >= 4 is 6.01 Å². The van der Waals surface area contributed by atoms with E-state index in [4.69, 9.17) is 13.6 Å². The second-order valence-electron chi connectivity index (χ2n) is 3.93. The predicted molar refractivity (Wildman–Crippen MR) is 68.8 cm³/mol. The maximum atomic E-state index is 5.42. The molecule has 0 atom stereocenters. The summed E-state index contributed by atoms with van der Waals surface area (Å²) in [5, 5.41) is 14.0. The molecule has 0 fully saturated rings. The Labute approximate surface area is 111 Å². The van der Waals surface area contributed by atoms with Crippen LogP contribution < -0.4 is 10.6 Å². The van der Waals surface area contributed by atoms with Gasteiger partial charge in [0.1, 0.15) is 5.76 Å². The van der Waals surface area contributed by atoms with Crippen molar-refractivity contribution in [3.8, 4) is 0 Å². The Hall–Kier alpha value is -1.86. The number of ether oxygens (including phenoxy) is 1. The third-order valence-electron chi connectivity index (χ3n) is 2.45. The Morgan fingerprint density at radius 3 is 3.05 bits per heavy atom. The highest BCUT2D eigenvalue weighted by Gasteiger charge is 2.05. The van der Waals surface area contributed by atoms with Gasteiger partial charge in [-0.1, -0.05) is 5.10 Å². The van der Waals surface area contributed by atoms with Gasteiger partial charge in [-0.05, 0) is 12.1 Å². The topological polar surface area (TPSA) is 85.4 Å². The van der Waals surface area contributed by atoms with Gasteiger partial charge in [-0.25, -0.2) is 0 Å². The average Bonchev–Trinajstić information content (AvgIpc) is 3.07. The molecule has 2 N–H and O–H groups in total. The summed E-state index contributed by atoms with van der Waals surface area (Å²) in [6, 6.07) is 4.22. The molecule has 2 aromatic rings. The molecule has 0 aliphatic heterocycles. The molecule has 2 rings (SSSR count). The Morgan fingerprint density at radius 2 is 2.26 bits per heavy atom. The van der Waals surface area contributed by atoms with Gasteiger partial charge < -0.3 is 24.2 Å². The molecule has 7 nitrogen and oxygen atoms in total. The van der Waals surface area contributed by atoms with E-state index in [0.717, 1.165) is 18.7 Å². The number of anilines is 1. The first-order valence-corrected chi connectivity index (χ1v) is 6.17. The van der Waals surface area contributed by atoms with E-state index in [-0.39, 0.29) is 0 Å². The van der Waals surface area contributed by atoms with Crippen LogP contribution in [0.2, 0.25) is 0 Å². The van der Waals surface area contributed by atoms with Gasteiger partial charge in [-0.3, -0.25) is 0 Å². The summed E-state index contributed by atoms with van der Waals surface area (Å²) in [6.45, 7) is 2.63. The van der Waals surface area contributed by atoms with Crippen LogP contribution >= 0.6 is 0 Å². The zero-order chi connectivity index (χ0) is 13.3. The lowest BCUT2D eigenvalue weighted by Crippen LogP contribution is -2.18. The first-order valence-electron chi connectivity index (χ1n) is 6.17. The number of rotatable bonds is 9. The molecule has 7 heteroatoms. The maximum Gasteiger partial charge on any atom is 0.315 e. The molecule has 0 unspecified atom stereocenters. The molecule has 0 aromatic carbocycles. The minimum atomic E-state index is 0.426. The van der Waals surface area contributed by atoms with E-state index in [1.165, 1.54) is 0 Å². The van der Waals surface area contributed by atoms with Crippen molar-refractivity contribution < 1.29 is 13.6 Å². The van der Waals surface area contributed by atoms with Crippen molar-refractivity contribution in [2.45, 2.75) is 13.0 Å². The molecule has 0 saturated carbocycles. The molecule has 0 bridgehead atoms. The molecule has 0 aliphatic carbocycles. The molecule has 0 amide bonds. The van der Waals surface area contributed by atoms with Crippen LogP contribution in [0.25, 0.3) is 0 Å². The van der Waals surface area contributed by atoms with Crippen molar-refractivity contribution in [1.29, 1.82) is 0 Å². The van der Waals surface area contributed by atoms with E-state index >= 15 is 0 Å². The predicted octanol–water partition coefficient (Wildman–Crippen LogP) is 1.05. The van der Waals surface area contributed by atoms with Gasteiger partial charge in [-0.2, -0.15) is 0 Å². The first-order chi connectivity index (χ1) is 9.38. The molecule has 0 spiro atoms. The Balaban J connectivity index is 1.65. The minimum Gasteiger partial charge on any atom is -0.469 e. The lowest BCUT2D eigenvalue weighted by molar-refractivity contribution is 0.198. The standard InChI is InChI=1S/C12H18N4O3/c1-17-8-6-13-9-11-15-16-12(19-11)14-5-4-10-3-2-7-18-10/h2-3,7,13H,4-6,8-9H2,1H3,(H,14,16). The van der Waals surface area contributed by atoms with Crippen LogP contribution in [0.3, 0.4) is 0 Å². The molecule has 19 heavy (non-hydrogen) atoms. The van der Waals surface area contributed by atoms with Crippen molar-refractivity contribution in [2.24, 2.45) is 0 Å². The number of aromatic nitrogens is 2. The van der Waals surface area contributed by atoms with Crippen molar-refractivity contribution in [3.63, 3.8) is 0 Å². The second kappa shape index (κ2) is 7.55. The zero-order valence-corrected chi connectivity index (χ0v) is 10.9. The summed E-state index contributed by atoms with van der Waals surface area (Å²) < 4.78 is 15.6. The van der Waals surface area contributed by atoms with Crippen LogP contribution in [0.1, 0.15) is 11.7 Å². The lowest BCUT2D eigenvalue weighted by Gasteiger charge is -2.00. The molecule has 0 aliphatic rings. The van der Waals surface area contributed by atoms with Gasteiger partial charge in [-0.15, -0.1) is 5.10 Å². The summed E-state index contributed by atoms with van der Waals surface area (Å²) in [6.07, 6.45) is 2.43. The number of nitrogens with zero attached hydrogens (tertiary/aromatic N) is 2. The van der Waals surface area contributed by atoms with Gasteiger partial charge in [0.2, 0.25) is 5.89 Å². The third-order valence-corrected chi connectivity index (χ3v) is 2.45. The van der Waals surface area contributed by atoms with E-state index in [9.17, 15) is 0 Å². The summed E-state index contributed by atoms with van der Waals surface area (Å²) in [4.78, 5) is 0. The summed E-state index contributed by atoms with van der Waals surface area (Å²) in [5.74, 6) is 1.48. The summed E-state index contributed by atoms with van der Waals surface area (Å²) >= 11 is 0. The van der Waals surface area contributed by atoms with Gasteiger partial charge in [0, 0.05) is 26.6 Å². The fraction of sp³-hybridized carbons (Fsp3) is 0.500. The van der Waals surface area contributed by atoms with E-state index in [1.807, 2.05) is 12.1 Å². The van der Waals surface area contributed by atoms with Gasteiger partial charge in [0.25, 0.3) is 0 Å². The van der Waals surface area contributed by atoms with Crippen LogP contribution in [0.15, 0.2) is 27.2 Å². The van der Waals surface area contributed by atoms with E-state index in [2.05, 4.69) is 20.8 Å². The van der Waals surface area contributed by atoms with Crippen molar-refractivity contribution in [1.82, 2.24) is 15.5 Å². The Morgan fingerprint density at radius 1 is 1.32 bits per heavy atom. The number of methoxy groups -OCH3 is 1. The fourth-order valence-electron chi connectivity index (χ4n) is 1.51. The van der Waals surface area contributed by atoms with Gasteiger partial charge in [0.15, 0.2) is 0 Å². The molecule has 2 aromatic heterocycles. The highest BCUT2D eigenvalue weighted by Crippen LogP contribution is 2.06. The van der Waals surface area contributed by atoms with Crippen LogP contribution in [0.4, 0.5) is 6.01 Å². The number of hydrogen-bond acceptors (Lipinski definition) is 7. The average molecular weight is 266 g/mol.